The first-order valence-electron chi connectivity index (χ1n) is 10.1. The van der Waals surface area contributed by atoms with Crippen LogP contribution in [0.4, 0.5) is 0 Å². The molecule has 0 aromatic heterocycles. The molecule has 0 amide bonds. The smallest absolute Gasteiger partial charge is 0.114 e. The quantitative estimate of drug-likeness (QED) is 0.329. The van der Waals surface area contributed by atoms with E-state index in [1.807, 2.05) is 0 Å². The van der Waals surface area contributed by atoms with Crippen LogP contribution < -0.4 is 0 Å². The van der Waals surface area contributed by atoms with Gasteiger partial charge in [0.25, 0.3) is 0 Å². The van der Waals surface area contributed by atoms with Crippen molar-refractivity contribution < 1.29 is 24.8 Å². The Labute approximate surface area is 153 Å². The molecule has 4 atom stereocenters. The maximum Gasteiger partial charge on any atom is 0.114 e. The number of rotatable bonds is 14. The molecule has 0 saturated carbocycles. The zero-order valence-corrected chi connectivity index (χ0v) is 15.8. The Morgan fingerprint density at radius 1 is 0.960 bits per heavy atom. The molecule has 1 heterocycles. The minimum atomic E-state index is -0.972. The van der Waals surface area contributed by atoms with E-state index < -0.39 is 24.4 Å². The van der Waals surface area contributed by atoms with Crippen LogP contribution in [0, 0.1) is 0 Å². The van der Waals surface area contributed by atoms with Gasteiger partial charge in [0.15, 0.2) is 0 Å². The van der Waals surface area contributed by atoms with Gasteiger partial charge in [-0.25, -0.2) is 0 Å². The summed E-state index contributed by atoms with van der Waals surface area (Å²) in [6.07, 6.45) is 13.5. The summed E-state index contributed by atoms with van der Waals surface area (Å²) in [6.45, 7) is 2.57. The predicted molar refractivity (Wildman–Crippen MR) is 99.6 cm³/mol. The topological polar surface area (TPSA) is 79.2 Å². The highest BCUT2D eigenvalue weighted by Gasteiger charge is 2.38. The largest absolute Gasteiger partial charge is 0.394 e. The van der Waals surface area contributed by atoms with Crippen LogP contribution in [0.5, 0.6) is 0 Å². The van der Waals surface area contributed by atoms with Gasteiger partial charge < -0.3 is 24.8 Å². The summed E-state index contributed by atoms with van der Waals surface area (Å²) in [5.74, 6) is 0. The molecule has 1 saturated heterocycles. The molecule has 0 aromatic carbocycles. The molecular weight excluding hydrogens is 320 g/mol. The Hall–Kier alpha value is -0.460. The third-order valence-electron chi connectivity index (χ3n) is 4.71. The van der Waals surface area contributed by atoms with Crippen LogP contribution in [-0.4, -0.2) is 59.6 Å². The SMILES string of the molecule is CCC/C=C/CCCCCCCCCO[C@@H]1[C@@H](O)[C@H](CO)OC[C@H]1O. The third-order valence-corrected chi connectivity index (χ3v) is 4.71. The van der Waals surface area contributed by atoms with Gasteiger partial charge in [0.1, 0.15) is 24.4 Å². The summed E-state index contributed by atoms with van der Waals surface area (Å²) in [7, 11) is 0. The van der Waals surface area contributed by atoms with Gasteiger partial charge in [-0.05, 0) is 25.7 Å². The van der Waals surface area contributed by atoms with E-state index >= 15 is 0 Å². The lowest BCUT2D eigenvalue weighted by Crippen LogP contribution is -2.55. The fourth-order valence-electron chi connectivity index (χ4n) is 3.10. The van der Waals surface area contributed by atoms with Gasteiger partial charge in [0.2, 0.25) is 0 Å². The molecule has 5 heteroatoms. The summed E-state index contributed by atoms with van der Waals surface area (Å²) < 4.78 is 10.8. The lowest BCUT2D eigenvalue weighted by atomic mass is 10.0. The molecule has 1 aliphatic heterocycles. The molecule has 3 N–H and O–H groups in total. The number of ether oxygens (including phenoxy) is 2. The molecule has 25 heavy (non-hydrogen) atoms. The molecule has 148 valence electrons. The van der Waals surface area contributed by atoms with Crippen molar-refractivity contribution in [2.24, 2.45) is 0 Å². The van der Waals surface area contributed by atoms with Crippen LogP contribution in [-0.2, 0) is 9.47 Å². The van der Waals surface area contributed by atoms with Crippen LogP contribution >= 0.6 is 0 Å². The Balaban J connectivity index is 1.94. The van der Waals surface area contributed by atoms with E-state index in [0.717, 1.165) is 12.8 Å². The fourth-order valence-corrected chi connectivity index (χ4v) is 3.10. The fraction of sp³-hybridized carbons (Fsp3) is 0.900. The monoisotopic (exact) mass is 358 g/mol. The first kappa shape index (κ1) is 22.6. The number of hydrogen-bond acceptors (Lipinski definition) is 5. The van der Waals surface area contributed by atoms with Crippen LogP contribution in [0.25, 0.3) is 0 Å². The summed E-state index contributed by atoms with van der Waals surface area (Å²) in [5.41, 5.74) is 0. The molecular formula is C20H38O5. The van der Waals surface area contributed by atoms with Gasteiger partial charge >= 0.3 is 0 Å². The average molecular weight is 359 g/mol. The van der Waals surface area contributed by atoms with Crippen LogP contribution in [0.3, 0.4) is 0 Å². The van der Waals surface area contributed by atoms with Crippen molar-refractivity contribution in [2.75, 3.05) is 19.8 Å². The van der Waals surface area contributed by atoms with Gasteiger partial charge in [-0.3, -0.25) is 0 Å². The standard InChI is InChI=1S/C20H38O5/c1-2-3-4-5-6-7-8-9-10-11-12-13-14-24-20-17(22)16-25-18(15-21)19(20)23/h4-5,17-23H,2-3,6-16H2,1H3/b5-4+/t17-,18+,19+,20+/m1/s1. The van der Waals surface area contributed by atoms with Gasteiger partial charge in [-0.15, -0.1) is 0 Å². The van der Waals surface area contributed by atoms with Crippen molar-refractivity contribution in [3.63, 3.8) is 0 Å². The van der Waals surface area contributed by atoms with Gasteiger partial charge in [0.05, 0.1) is 13.2 Å². The third kappa shape index (κ3) is 9.71. The van der Waals surface area contributed by atoms with E-state index in [4.69, 9.17) is 14.6 Å². The molecule has 0 radical (unpaired) electrons. The number of aliphatic hydroxyl groups excluding tert-OH is 3. The molecule has 1 rings (SSSR count). The van der Waals surface area contributed by atoms with Crippen molar-refractivity contribution >= 4 is 0 Å². The van der Waals surface area contributed by atoms with E-state index in [-0.39, 0.29) is 13.2 Å². The summed E-state index contributed by atoms with van der Waals surface area (Å²) in [6, 6.07) is 0. The Bertz CT molecular complexity index is 334. The highest BCUT2D eigenvalue weighted by atomic mass is 16.6. The van der Waals surface area contributed by atoms with Crippen molar-refractivity contribution in [1.29, 1.82) is 0 Å². The lowest BCUT2D eigenvalue weighted by Gasteiger charge is -2.37. The Morgan fingerprint density at radius 2 is 1.60 bits per heavy atom. The molecule has 1 aliphatic rings. The number of hydrogen-bond donors (Lipinski definition) is 3. The van der Waals surface area contributed by atoms with E-state index in [9.17, 15) is 10.2 Å². The highest BCUT2D eigenvalue weighted by Crippen LogP contribution is 2.19. The summed E-state index contributed by atoms with van der Waals surface area (Å²) in [5, 5.41) is 29.0. The van der Waals surface area contributed by atoms with Crippen LogP contribution in [0.2, 0.25) is 0 Å². The molecule has 1 fully saturated rings. The van der Waals surface area contributed by atoms with Crippen molar-refractivity contribution in [3.05, 3.63) is 12.2 Å². The molecule has 0 spiro atoms. The first-order chi connectivity index (χ1) is 12.2. The second kappa shape index (κ2) is 14.7. The van der Waals surface area contributed by atoms with Gasteiger partial charge in [-0.1, -0.05) is 57.6 Å². The van der Waals surface area contributed by atoms with E-state index in [1.54, 1.807) is 0 Å². The molecule has 5 nitrogen and oxygen atoms in total. The Kier molecular flexibility index (Phi) is 13.3. The van der Waals surface area contributed by atoms with Gasteiger partial charge in [-0.2, -0.15) is 0 Å². The minimum absolute atomic E-state index is 0.0978. The summed E-state index contributed by atoms with van der Waals surface area (Å²) in [4.78, 5) is 0. The maximum absolute atomic E-state index is 10.0. The predicted octanol–water partition coefficient (Wildman–Crippen LogP) is 2.96. The molecule has 0 aromatic rings. The maximum atomic E-state index is 10.0. The summed E-state index contributed by atoms with van der Waals surface area (Å²) >= 11 is 0. The van der Waals surface area contributed by atoms with E-state index in [0.29, 0.717) is 6.61 Å². The second-order valence-corrected chi connectivity index (χ2v) is 6.97. The normalized spacial score (nSPS) is 27.2. The van der Waals surface area contributed by atoms with E-state index in [2.05, 4.69) is 19.1 Å². The van der Waals surface area contributed by atoms with Crippen LogP contribution in [0.1, 0.15) is 71.1 Å². The Morgan fingerprint density at radius 3 is 2.28 bits per heavy atom. The first-order valence-corrected chi connectivity index (χ1v) is 10.1. The number of allylic oxidation sites excluding steroid dienone is 2. The van der Waals surface area contributed by atoms with Gasteiger partial charge in [0, 0.05) is 6.61 Å². The lowest BCUT2D eigenvalue weighted by molar-refractivity contribution is -0.210. The van der Waals surface area contributed by atoms with Crippen LogP contribution in [0.15, 0.2) is 12.2 Å². The average Bonchev–Trinajstić information content (AvgIpc) is 2.61. The molecule has 0 unspecified atom stereocenters. The van der Waals surface area contributed by atoms with Crippen molar-refractivity contribution in [1.82, 2.24) is 0 Å². The van der Waals surface area contributed by atoms with E-state index in [1.165, 1.54) is 51.4 Å². The van der Waals surface area contributed by atoms with Crippen molar-refractivity contribution in [3.8, 4) is 0 Å². The number of aliphatic hydroxyl groups is 3. The zero-order valence-electron chi connectivity index (χ0n) is 15.8. The molecule has 0 aliphatic carbocycles. The highest BCUT2D eigenvalue weighted by molar-refractivity contribution is 4.87. The molecule has 0 bridgehead atoms. The zero-order chi connectivity index (χ0) is 18.3. The van der Waals surface area contributed by atoms with Crippen molar-refractivity contribution in [2.45, 2.75) is 95.5 Å². The number of unbranched alkanes of at least 4 members (excludes halogenated alkanes) is 8. The second-order valence-electron chi connectivity index (χ2n) is 6.97. The minimum Gasteiger partial charge on any atom is -0.394 e.